The lowest BCUT2D eigenvalue weighted by molar-refractivity contribution is -0.129. The average Bonchev–Trinajstić information content (AvgIpc) is 2.78. The van der Waals surface area contributed by atoms with E-state index in [2.05, 4.69) is 25.9 Å². The van der Waals surface area contributed by atoms with Crippen molar-refractivity contribution in [1.82, 2.24) is 15.3 Å². The predicted octanol–water partition coefficient (Wildman–Crippen LogP) is 2.38. The Balaban J connectivity index is 1.39. The molecule has 11 heteroatoms. The number of fused-ring (bicyclic) bond motifs is 1. The Hall–Kier alpha value is -3.83. The van der Waals surface area contributed by atoms with E-state index in [-0.39, 0.29) is 23.8 Å². The minimum Gasteiger partial charge on any atom is -0.491 e. The van der Waals surface area contributed by atoms with E-state index in [1.54, 1.807) is 37.4 Å². The van der Waals surface area contributed by atoms with Crippen LogP contribution in [-0.2, 0) is 19.1 Å². The van der Waals surface area contributed by atoms with Gasteiger partial charge in [0.2, 0.25) is 11.8 Å². The molecule has 0 bridgehead atoms. The van der Waals surface area contributed by atoms with Gasteiger partial charge in [0.25, 0.3) is 0 Å². The summed E-state index contributed by atoms with van der Waals surface area (Å²) in [7, 11) is 1.56. The summed E-state index contributed by atoms with van der Waals surface area (Å²) in [6, 6.07) is 9.62. The van der Waals surface area contributed by atoms with Gasteiger partial charge < -0.3 is 30.2 Å². The van der Waals surface area contributed by atoms with Crippen molar-refractivity contribution in [3.05, 3.63) is 48.5 Å². The number of nitrogens with one attached hydrogen (secondary N) is 3. The molecule has 2 amide bonds. The summed E-state index contributed by atoms with van der Waals surface area (Å²) in [5, 5.41) is 8.68. The molecule has 2 aromatic carbocycles. The van der Waals surface area contributed by atoms with E-state index in [4.69, 9.17) is 14.2 Å². The molecule has 1 aliphatic heterocycles. The smallest absolute Gasteiger partial charge is 0.233 e. The molecular weight excluding hydrogens is 445 g/mol. The van der Waals surface area contributed by atoms with Crippen molar-refractivity contribution < 1.29 is 28.2 Å². The zero-order valence-corrected chi connectivity index (χ0v) is 18.5. The summed E-state index contributed by atoms with van der Waals surface area (Å²) in [6.45, 7) is 1.61. The van der Waals surface area contributed by atoms with Gasteiger partial charge in [-0.05, 0) is 24.3 Å². The van der Waals surface area contributed by atoms with E-state index in [9.17, 15) is 14.0 Å². The molecule has 1 saturated heterocycles. The van der Waals surface area contributed by atoms with Gasteiger partial charge in [0.15, 0.2) is 0 Å². The van der Waals surface area contributed by atoms with Crippen LogP contribution in [0.15, 0.2) is 42.7 Å². The second-order valence-electron chi connectivity index (χ2n) is 7.59. The first-order chi connectivity index (χ1) is 16.5. The van der Waals surface area contributed by atoms with E-state index < -0.39 is 11.7 Å². The third kappa shape index (κ3) is 5.94. The highest BCUT2D eigenvalue weighted by molar-refractivity contribution is 6.03. The summed E-state index contributed by atoms with van der Waals surface area (Å²) in [5.41, 5.74) is 1.54. The third-order valence-corrected chi connectivity index (χ3v) is 4.98. The second-order valence-corrected chi connectivity index (χ2v) is 7.59. The maximum atomic E-state index is 14.8. The minimum atomic E-state index is -0.524. The number of carbonyl (C=O) groups is 2. The van der Waals surface area contributed by atoms with Crippen LogP contribution in [0.4, 0.5) is 21.6 Å². The topological polar surface area (TPSA) is 124 Å². The number of aromatic nitrogens is 2. The number of nitrogens with zero attached hydrogens (tertiary/aromatic N) is 2. The van der Waals surface area contributed by atoms with Crippen LogP contribution < -0.4 is 20.7 Å². The van der Waals surface area contributed by atoms with Crippen LogP contribution in [0.3, 0.4) is 0 Å². The molecule has 0 spiro atoms. The molecule has 0 aliphatic carbocycles. The highest BCUT2D eigenvalue weighted by Crippen LogP contribution is 2.29. The van der Waals surface area contributed by atoms with Crippen molar-refractivity contribution in [2.45, 2.75) is 12.5 Å². The molecule has 3 N–H and O–H groups in total. The molecule has 3 aromatic rings. The van der Waals surface area contributed by atoms with Gasteiger partial charge in [0.05, 0.1) is 36.8 Å². The van der Waals surface area contributed by atoms with Gasteiger partial charge in [-0.3, -0.25) is 9.59 Å². The van der Waals surface area contributed by atoms with Gasteiger partial charge in [-0.15, -0.1) is 0 Å². The number of benzene rings is 2. The maximum Gasteiger partial charge on any atom is 0.233 e. The molecule has 10 nitrogen and oxygen atoms in total. The summed E-state index contributed by atoms with van der Waals surface area (Å²) in [6.07, 6.45) is 1.05. The number of carbonyl (C=O) groups excluding carboxylic acids is 2. The van der Waals surface area contributed by atoms with Crippen LogP contribution in [0.2, 0.25) is 0 Å². The number of methoxy groups -OCH3 is 1. The Morgan fingerprint density at radius 1 is 1.09 bits per heavy atom. The quantitative estimate of drug-likeness (QED) is 0.306. The Bertz CT molecular complexity index is 1170. The molecule has 1 fully saturated rings. The normalized spacial score (nSPS) is 13.2. The van der Waals surface area contributed by atoms with Crippen molar-refractivity contribution >= 4 is 39.9 Å². The molecule has 1 aliphatic rings. The minimum absolute atomic E-state index is 0.0249. The largest absolute Gasteiger partial charge is 0.491 e. The molecule has 0 radical (unpaired) electrons. The van der Waals surface area contributed by atoms with Crippen molar-refractivity contribution in [2.75, 3.05) is 44.2 Å². The van der Waals surface area contributed by atoms with Crippen molar-refractivity contribution in [3.8, 4) is 5.75 Å². The molecule has 4 rings (SSSR count). The SMILES string of the molecule is COCCOc1cc(F)c2c(Nc3ccc(NC(=O)CC(=O)NC4COC4)cc3)ncnc2c1. The second kappa shape index (κ2) is 10.9. The molecule has 178 valence electrons. The average molecular weight is 469 g/mol. The van der Waals surface area contributed by atoms with Gasteiger partial charge in [-0.1, -0.05) is 0 Å². The summed E-state index contributed by atoms with van der Waals surface area (Å²) in [4.78, 5) is 32.2. The van der Waals surface area contributed by atoms with E-state index in [0.29, 0.717) is 54.9 Å². The Kier molecular flexibility index (Phi) is 7.45. The van der Waals surface area contributed by atoms with Gasteiger partial charge in [-0.2, -0.15) is 0 Å². The standard InChI is InChI=1S/C23H24FN5O5/c1-32-6-7-34-17-8-18(24)22-19(9-17)25-13-26-23(22)29-15-4-2-14(3-5-15)27-20(30)10-21(31)28-16-11-33-12-16/h2-5,8-9,13,16H,6-7,10-12H2,1H3,(H,27,30)(H,28,31)(H,25,26,29). The lowest BCUT2D eigenvalue weighted by atomic mass is 10.2. The summed E-state index contributed by atoms with van der Waals surface area (Å²) in [5.74, 6) is -0.663. The van der Waals surface area contributed by atoms with Gasteiger partial charge >= 0.3 is 0 Å². The zero-order chi connectivity index (χ0) is 23.9. The predicted molar refractivity (Wildman–Crippen MR) is 123 cm³/mol. The number of halogens is 1. The molecule has 0 unspecified atom stereocenters. The van der Waals surface area contributed by atoms with E-state index in [0.717, 1.165) is 0 Å². The zero-order valence-electron chi connectivity index (χ0n) is 18.5. The van der Waals surface area contributed by atoms with Gasteiger partial charge in [0, 0.05) is 30.6 Å². The molecule has 2 heterocycles. The maximum absolute atomic E-state index is 14.8. The monoisotopic (exact) mass is 469 g/mol. The Labute approximate surface area is 194 Å². The number of hydrogen-bond donors (Lipinski definition) is 3. The fourth-order valence-electron chi connectivity index (χ4n) is 3.26. The first kappa shape index (κ1) is 23.3. The van der Waals surface area contributed by atoms with E-state index >= 15 is 0 Å². The fraction of sp³-hybridized carbons (Fsp3) is 0.304. The number of amides is 2. The summed E-state index contributed by atoms with van der Waals surface area (Å²) >= 11 is 0. The number of rotatable bonds is 10. The highest BCUT2D eigenvalue weighted by Gasteiger charge is 2.21. The molecule has 34 heavy (non-hydrogen) atoms. The van der Waals surface area contributed by atoms with Crippen molar-refractivity contribution in [2.24, 2.45) is 0 Å². The van der Waals surface area contributed by atoms with E-state index in [1.807, 2.05) is 0 Å². The lowest BCUT2D eigenvalue weighted by Gasteiger charge is -2.26. The van der Waals surface area contributed by atoms with Crippen LogP contribution in [0.25, 0.3) is 10.9 Å². The number of hydrogen-bond acceptors (Lipinski definition) is 8. The van der Waals surface area contributed by atoms with Crippen molar-refractivity contribution in [1.29, 1.82) is 0 Å². The first-order valence-electron chi connectivity index (χ1n) is 10.6. The van der Waals surface area contributed by atoms with Crippen LogP contribution in [0, 0.1) is 5.82 Å². The van der Waals surface area contributed by atoms with Crippen molar-refractivity contribution in [3.63, 3.8) is 0 Å². The third-order valence-electron chi connectivity index (χ3n) is 4.98. The van der Waals surface area contributed by atoms with Crippen LogP contribution in [-0.4, -0.2) is 61.4 Å². The summed E-state index contributed by atoms with van der Waals surface area (Å²) < 4.78 is 30.2. The number of ether oxygens (including phenoxy) is 3. The number of anilines is 3. The van der Waals surface area contributed by atoms with Crippen LogP contribution >= 0.6 is 0 Å². The molecule has 0 saturated carbocycles. The molecular formula is C23H24FN5O5. The fourth-order valence-corrected chi connectivity index (χ4v) is 3.26. The van der Waals surface area contributed by atoms with Crippen LogP contribution in [0.5, 0.6) is 5.75 Å². The Morgan fingerprint density at radius 2 is 1.85 bits per heavy atom. The molecule has 0 atom stereocenters. The van der Waals surface area contributed by atoms with Gasteiger partial charge in [-0.25, -0.2) is 14.4 Å². The Morgan fingerprint density at radius 3 is 2.56 bits per heavy atom. The molecule has 1 aromatic heterocycles. The van der Waals surface area contributed by atoms with Gasteiger partial charge in [0.1, 0.15) is 36.7 Å². The lowest BCUT2D eigenvalue weighted by Crippen LogP contribution is -2.49. The van der Waals surface area contributed by atoms with Crippen LogP contribution in [0.1, 0.15) is 6.42 Å². The van der Waals surface area contributed by atoms with E-state index in [1.165, 1.54) is 12.4 Å². The first-order valence-corrected chi connectivity index (χ1v) is 10.6. The highest BCUT2D eigenvalue weighted by atomic mass is 19.1.